The number of nitrogens with two attached hydrogens (primary N) is 4. The molecule has 42 heavy (non-hydrogen) atoms. The fourth-order valence-corrected chi connectivity index (χ4v) is 3.45. The third-order valence-corrected chi connectivity index (χ3v) is 5.41. The molecule has 0 amide bonds. The van der Waals surface area contributed by atoms with Gasteiger partial charge in [-0.3, -0.25) is 5.10 Å². The summed E-state index contributed by atoms with van der Waals surface area (Å²) in [6, 6.07) is 21.4. The van der Waals surface area contributed by atoms with Crippen LogP contribution < -0.4 is 37.1 Å². The molecule has 0 unspecified atom stereocenters. The lowest BCUT2D eigenvalue weighted by molar-refractivity contribution is -0.137. The number of aromatic nitrogens is 2. The summed E-state index contributed by atoms with van der Waals surface area (Å²) in [4.78, 5) is 0. The number of hydrogen-bond donors (Lipinski definition) is 5. The molecule has 0 aliphatic rings. The Bertz CT molecular complexity index is 1510. The third-order valence-electron chi connectivity index (χ3n) is 5.41. The highest BCUT2D eigenvalue weighted by atomic mass is 19.4. The number of benzene rings is 4. The van der Waals surface area contributed by atoms with Crippen LogP contribution in [-0.4, -0.2) is 31.5 Å². The van der Waals surface area contributed by atoms with Gasteiger partial charge in [0, 0.05) is 40.3 Å². The highest BCUT2D eigenvalue weighted by Gasteiger charge is 2.30. The molecule has 0 fully saturated rings. The molecule has 0 bridgehead atoms. The molecule has 224 valence electrons. The van der Waals surface area contributed by atoms with Gasteiger partial charge in [0.05, 0.1) is 38.6 Å². The Labute approximate surface area is 242 Å². The fourth-order valence-electron chi connectivity index (χ4n) is 3.45. The van der Waals surface area contributed by atoms with Crippen molar-refractivity contribution < 1.29 is 27.4 Å². The molecule has 0 aliphatic heterocycles. The van der Waals surface area contributed by atoms with Gasteiger partial charge in [0.1, 0.15) is 0 Å². The molecule has 0 spiro atoms. The van der Waals surface area contributed by atoms with Crippen molar-refractivity contribution in [2.45, 2.75) is 13.1 Å². The van der Waals surface area contributed by atoms with Gasteiger partial charge in [-0.1, -0.05) is 18.2 Å². The van der Waals surface area contributed by atoms with Gasteiger partial charge in [-0.25, -0.2) is 0 Å². The molecule has 0 saturated heterocycles. The molecule has 4 aromatic carbocycles. The quantitative estimate of drug-likeness (QED) is 0.154. The highest BCUT2D eigenvalue weighted by molar-refractivity contribution is 5.81. The van der Waals surface area contributed by atoms with E-state index in [0.717, 1.165) is 34.4 Å². The Balaban J connectivity index is 0.000000198. The van der Waals surface area contributed by atoms with Crippen LogP contribution in [0.15, 0.2) is 85.1 Å². The molecule has 5 rings (SSSR count). The predicted molar refractivity (Wildman–Crippen MR) is 162 cm³/mol. The maximum atomic E-state index is 11.9. The van der Waals surface area contributed by atoms with Gasteiger partial charge in [0.25, 0.3) is 0 Å². The lowest BCUT2D eigenvalue weighted by Crippen LogP contribution is -2.04. The summed E-state index contributed by atoms with van der Waals surface area (Å²) >= 11 is 0. The van der Waals surface area contributed by atoms with E-state index in [0.29, 0.717) is 22.9 Å². The van der Waals surface area contributed by atoms with E-state index in [1.54, 1.807) is 39.7 Å². The van der Waals surface area contributed by atoms with Crippen LogP contribution in [0, 0.1) is 6.92 Å². The van der Waals surface area contributed by atoms with Crippen molar-refractivity contribution in [1.29, 1.82) is 0 Å². The first-order valence-electron chi connectivity index (χ1n) is 12.4. The zero-order valence-corrected chi connectivity index (χ0v) is 23.7. The van der Waals surface area contributed by atoms with E-state index in [4.69, 9.17) is 37.1 Å². The Kier molecular flexibility index (Phi) is 12.2. The third kappa shape index (κ3) is 10.4. The number of methoxy groups -OCH3 is 3. The zero-order valence-electron chi connectivity index (χ0n) is 23.7. The van der Waals surface area contributed by atoms with Gasteiger partial charge in [-0.05, 0) is 61.0 Å². The Morgan fingerprint density at radius 3 is 1.69 bits per heavy atom. The number of halogens is 3. The summed E-state index contributed by atoms with van der Waals surface area (Å²) in [5.74, 6) is 1.69. The molecule has 0 atom stereocenters. The van der Waals surface area contributed by atoms with E-state index in [9.17, 15) is 13.2 Å². The Morgan fingerprint density at radius 2 is 1.24 bits per heavy atom. The number of ether oxygens (including phenoxy) is 3. The predicted octanol–water partition coefficient (Wildman–Crippen LogP) is 6.30. The van der Waals surface area contributed by atoms with Gasteiger partial charge in [0.15, 0.2) is 11.5 Å². The van der Waals surface area contributed by atoms with E-state index in [1.165, 1.54) is 17.7 Å². The largest absolute Gasteiger partial charge is 0.493 e. The van der Waals surface area contributed by atoms with Crippen LogP contribution in [0.25, 0.3) is 10.9 Å². The number of nitrogens with zero attached hydrogens (tertiary/aromatic N) is 1. The van der Waals surface area contributed by atoms with Crippen LogP contribution in [0.2, 0.25) is 0 Å². The van der Waals surface area contributed by atoms with Crippen molar-refractivity contribution >= 4 is 33.7 Å². The fraction of sp³-hybridized carbons (Fsp3) is 0.167. The number of aromatic amines is 1. The van der Waals surface area contributed by atoms with Gasteiger partial charge >= 0.3 is 6.18 Å². The molecule has 0 radical (unpaired) electrons. The van der Waals surface area contributed by atoms with Crippen molar-refractivity contribution in [1.82, 2.24) is 10.2 Å². The van der Waals surface area contributed by atoms with Crippen LogP contribution in [0.3, 0.4) is 0 Å². The number of hydrogen-bond acceptors (Lipinski definition) is 8. The minimum Gasteiger partial charge on any atom is -0.493 e. The number of alkyl halides is 3. The summed E-state index contributed by atoms with van der Waals surface area (Å²) in [7, 11) is 4.66. The number of nitrogens with one attached hydrogen (secondary N) is 1. The summed E-state index contributed by atoms with van der Waals surface area (Å²) in [5, 5.41) is 7.76. The van der Waals surface area contributed by atoms with Gasteiger partial charge in [0.2, 0.25) is 5.75 Å². The number of rotatable bonds is 3. The van der Waals surface area contributed by atoms with Crippen LogP contribution in [-0.2, 0) is 6.18 Å². The lowest BCUT2D eigenvalue weighted by atomic mass is 10.2. The summed E-state index contributed by atoms with van der Waals surface area (Å²) in [6.07, 6.45) is -2.54. The second kappa shape index (κ2) is 15.5. The van der Waals surface area contributed by atoms with Gasteiger partial charge in [-0.2, -0.15) is 18.3 Å². The number of H-pyrrole nitrogens is 1. The van der Waals surface area contributed by atoms with E-state index < -0.39 is 11.7 Å². The molecule has 12 heteroatoms. The summed E-state index contributed by atoms with van der Waals surface area (Å²) < 4.78 is 51.0. The molecule has 1 aromatic heterocycles. The smallest absolute Gasteiger partial charge is 0.416 e. The minimum absolute atomic E-state index is 0.125. The molecule has 0 saturated carbocycles. The average Bonchev–Trinajstić information content (AvgIpc) is 3.41. The van der Waals surface area contributed by atoms with E-state index in [1.807, 2.05) is 49.4 Å². The first-order chi connectivity index (χ1) is 19.9. The molecule has 1 heterocycles. The monoisotopic (exact) mass is 584 g/mol. The second-order valence-electron chi connectivity index (χ2n) is 8.71. The lowest BCUT2D eigenvalue weighted by Gasteiger charge is -2.12. The molecular weight excluding hydrogens is 549 g/mol. The molecule has 9 nitrogen and oxygen atoms in total. The van der Waals surface area contributed by atoms with Crippen molar-refractivity contribution in [2.75, 3.05) is 44.3 Å². The minimum atomic E-state index is -4.30. The maximum absolute atomic E-state index is 11.9. The van der Waals surface area contributed by atoms with E-state index in [2.05, 4.69) is 10.2 Å². The number of fused-ring (bicyclic) bond motifs is 1. The second-order valence-corrected chi connectivity index (χ2v) is 8.71. The first kappa shape index (κ1) is 32.9. The van der Waals surface area contributed by atoms with E-state index >= 15 is 0 Å². The van der Waals surface area contributed by atoms with Crippen molar-refractivity contribution in [3.8, 4) is 17.2 Å². The maximum Gasteiger partial charge on any atom is 0.416 e. The molecule has 9 N–H and O–H groups in total. The Hall–Kier alpha value is -5.26. The number of aryl methyl sites for hydroxylation is 1. The number of nitrogen functional groups attached to an aromatic ring is 4. The van der Waals surface area contributed by atoms with Crippen LogP contribution in [0.5, 0.6) is 17.2 Å². The summed E-state index contributed by atoms with van der Waals surface area (Å²) in [5.41, 5.74) is 25.6. The molecule has 5 aromatic rings. The Morgan fingerprint density at radius 1 is 0.667 bits per heavy atom. The van der Waals surface area contributed by atoms with Gasteiger partial charge in [-0.15, -0.1) is 0 Å². The topological polar surface area (TPSA) is 160 Å². The normalized spacial score (nSPS) is 10.2. The number of anilines is 4. The van der Waals surface area contributed by atoms with Gasteiger partial charge < -0.3 is 37.1 Å². The van der Waals surface area contributed by atoms with Crippen LogP contribution in [0.1, 0.15) is 11.1 Å². The van der Waals surface area contributed by atoms with Crippen LogP contribution in [0.4, 0.5) is 35.9 Å². The van der Waals surface area contributed by atoms with Crippen LogP contribution >= 0.6 is 0 Å². The van der Waals surface area contributed by atoms with E-state index in [-0.39, 0.29) is 5.69 Å². The van der Waals surface area contributed by atoms with Crippen molar-refractivity contribution in [3.63, 3.8) is 0 Å². The molecular formula is C30H35F3N6O3. The van der Waals surface area contributed by atoms with Crippen molar-refractivity contribution in [2.24, 2.45) is 0 Å². The van der Waals surface area contributed by atoms with Crippen molar-refractivity contribution in [3.05, 3.63) is 96.2 Å². The zero-order chi connectivity index (χ0) is 31.3. The standard InChI is InChI=1S/C9H13NO3.C7H6F3N.C7H7N3.C7H9N/c1-11-7-4-6(10)5-8(12-2)9(7)13-3;8-7(9,10)5-2-1-3-6(11)4-5;8-6-1-2-7-5(3-6)4-9-10-7;1-6-3-2-4-7(8)5-6/h4-5H,10H2,1-3H3;1-4H,11H2;1-4H,8H2,(H,9,10);2-5H,8H2,1H3. The SMILES string of the molecule is COc1cc(N)cc(OC)c1OC.Cc1cccc(N)c1.Nc1ccc2[nH]ncc2c1.Nc1cccc(C(F)(F)F)c1. The highest BCUT2D eigenvalue weighted by Crippen LogP contribution is 2.38. The molecule has 0 aliphatic carbocycles. The average molecular weight is 585 g/mol. The summed E-state index contributed by atoms with van der Waals surface area (Å²) in [6.45, 7) is 2.02. The first-order valence-corrected chi connectivity index (χ1v) is 12.4.